The fourth-order valence-electron chi connectivity index (χ4n) is 4.82. The van der Waals surface area contributed by atoms with Gasteiger partial charge in [-0.1, -0.05) is 0 Å². The van der Waals surface area contributed by atoms with Crippen LogP contribution in [0, 0.1) is 11.3 Å². The molecule has 0 saturated carbocycles. The number of methoxy groups -OCH3 is 2. The summed E-state index contributed by atoms with van der Waals surface area (Å²) >= 11 is 0. The molecule has 0 radical (unpaired) electrons. The Labute approximate surface area is 144 Å². The van der Waals surface area contributed by atoms with Crippen molar-refractivity contribution >= 4 is 17.7 Å². The number of carbonyl (C=O) groups is 3. The summed E-state index contributed by atoms with van der Waals surface area (Å²) in [6.45, 7) is 0.580. The molecule has 3 atom stereocenters. The third-order valence-electron chi connectivity index (χ3n) is 5.75. The molecule has 2 aliphatic heterocycles. The molecule has 3 unspecified atom stereocenters. The van der Waals surface area contributed by atoms with E-state index < -0.39 is 35.5 Å². The summed E-state index contributed by atoms with van der Waals surface area (Å²) in [6, 6.07) is -0.350. The number of hydrogen-bond donors (Lipinski definition) is 0. The zero-order valence-electron chi connectivity index (χ0n) is 14.2. The van der Waals surface area contributed by atoms with Gasteiger partial charge in [-0.15, -0.1) is 0 Å². The molecule has 1 fully saturated rings. The maximum absolute atomic E-state index is 13.0. The fourth-order valence-corrected chi connectivity index (χ4v) is 4.82. The Kier molecular flexibility index (Phi) is 4.55. The van der Waals surface area contributed by atoms with Gasteiger partial charge in [0.05, 0.1) is 26.6 Å². The minimum absolute atomic E-state index is 0.203. The Morgan fingerprint density at radius 2 is 1.96 bits per heavy atom. The minimum Gasteiger partial charge on any atom is -0.469 e. The predicted octanol–water partition coefficient (Wildman–Crippen LogP) is 1.69. The number of Topliss-reactive ketones (excluding diaryl/α,β-unsaturated/α-hetero) is 1. The normalized spacial score (nSPS) is 30.5. The molecule has 0 aromatic carbocycles. The number of ketones is 1. The molecule has 0 N–H and O–H groups in total. The van der Waals surface area contributed by atoms with Crippen molar-refractivity contribution in [2.75, 3.05) is 20.8 Å². The van der Waals surface area contributed by atoms with Gasteiger partial charge in [-0.25, -0.2) is 8.78 Å². The lowest BCUT2D eigenvalue weighted by molar-refractivity contribution is -0.159. The number of ether oxygens (including phenoxy) is 2. The van der Waals surface area contributed by atoms with Crippen molar-refractivity contribution in [1.29, 1.82) is 0 Å². The molecule has 3 rings (SSSR count). The third kappa shape index (κ3) is 2.45. The summed E-state index contributed by atoms with van der Waals surface area (Å²) in [5, 5.41) is 0. The van der Waals surface area contributed by atoms with Crippen molar-refractivity contribution in [3.63, 3.8) is 0 Å². The number of allylic oxidation sites excluding steroid dienone is 1. The van der Waals surface area contributed by atoms with Crippen LogP contribution in [0.2, 0.25) is 0 Å². The van der Waals surface area contributed by atoms with E-state index in [1.807, 2.05) is 4.90 Å². The lowest BCUT2D eigenvalue weighted by Crippen LogP contribution is -2.47. The summed E-state index contributed by atoms with van der Waals surface area (Å²) in [6.07, 6.45) is -1.29. The van der Waals surface area contributed by atoms with Crippen LogP contribution in [-0.2, 0) is 23.9 Å². The van der Waals surface area contributed by atoms with E-state index in [1.54, 1.807) is 0 Å². The van der Waals surface area contributed by atoms with Crippen molar-refractivity contribution in [3.05, 3.63) is 11.3 Å². The summed E-state index contributed by atoms with van der Waals surface area (Å²) < 4.78 is 35.8. The molecule has 0 aromatic heterocycles. The van der Waals surface area contributed by atoms with Crippen molar-refractivity contribution in [2.24, 2.45) is 11.3 Å². The smallest absolute Gasteiger partial charge is 0.318 e. The van der Waals surface area contributed by atoms with Gasteiger partial charge in [-0.2, -0.15) is 0 Å². The quantitative estimate of drug-likeness (QED) is 0.697. The molecule has 25 heavy (non-hydrogen) atoms. The maximum Gasteiger partial charge on any atom is 0.318 e. The number of hydrogen-bond acceptors (Lipinski definition) is 6. The SMILES string of the molecule is COC(=O)CC1(C(=O)OC)C2=C(C(C(=O)C(F)F)CC2)N2CCCC21. The van der Waals surface area contributed by atoms with Crippen LogP contribution < -0.4 is 0 Å². The molecular weight excluding hydrogens is 336 g/mol. The van der Waals surface area contributed by atoms with Crippen molar-refractivity contribution in [3.8, 4) is 0 Å². The number of rotatable bonds is 5. The van der Waals surface area contributed by atoms with E-state index in [2.05, 4.69) is 0 Å². The van der Waals surface area contributed by atoms with E-state index in [9.17, 15) is 23.2 Å². The predicted molar refractivity (Wildman–Crippen MR) is 81.6 cm³/mol. The minimum atomic E-state index is -3.05. The Balaban J connectivity index is 2.11. The summed E-state index contributed by atoms with van der Waals surface area (Å²) in [7, 11) is 2.48. The molecule has 6 nitrogen and oxygen atoms in total. The highest BCUT2D eigenvalue weighted by Gasteiger charge is 2.63. The second kappa shape index (κ2) is 6.38. The molecule has 0 spiro atoms. The van der Waals surface area contributed by atoms with E-state index in [0.29, 0.717) is 30.7 Å². The first kappa shape index (κ1) is 17.8. The molecule has 3 aliphatic rings. The van der Waals surface area contributed by atoms with Crippen LogP contribution in [0.3, 0.4) is 0 Å². The van der Waals surface area contributed by atoms with E-state index in [-0.39, 0.29) is 18.9 Å². The van der Waals surface area contributed by atoms with Crippen molar-refractivity contribution in [2.45, 2.75) is 44.6 Å². The molecule has 0 bridgehead atoms. The molecular formula is C17H21F2NO5. The van der Waals surface area contributed by atoms with Crippen LogP contribution in [0.5, 0.6) is 0 Å². The van der Waals surface area contributed by atoms with E-state index >= 15 is 0 Å². The van der Waals surface area contributed by atoms with E-state index in [4.69, 9.17) is 9.47 Å². The van der Waals surface area contributed by atoms with Gasteiger partial charge in [-0.3, -0.25) is 14.4 Å². The van der Waals surface area contributed by atoms with Gasteiger partial charge in [0.2, 0.25) is 5.78 Å². The zero-order valence-corrected chi connectivity index (χ0v) is 14.2. The van der Waals surface area contributed by atoms with Gasteiger partial charge < -0.3 is 14.4 Å². The first-order valence-corrected chi connectivity index (χ1v) is 8.35. The summed E-state index contributed by atoms with van der Waals surface area (Å²) in [4.78, 5) is 38.7. The van der Waals surface area contributed by atoms with Crippen LogP contribution in [-0.4, -0.2) is 55.9 Å². The summed E-state index contributed by atoms with van der Waals surface area (Å²) in [5.74, 6) is -3.16. The van der Waals surface area contributed by atoms with Gasteiger partial charge in [-0.05, 0) is 31.3 Å². The van der Waals surface area contributed by atoms with Gasteiger partial charge in [0.1, 0.15) is 5.41 Å². The molecule has 1 aliphatic carbocycles. The average molecular weight is 357 g/mol. The van der Waals surface area contributed by atoms with Gasteiger partial charge >= 0.3 is 11.9 Å². The number of carbonyl (C=O) groups excluding carboxylic acids is 3. The highest BCUT2D eigenvalue weighted by molar-refractivity contribution is 5.92. The topological polar surface area (TPSA) is 72.9 Å². The van der Waals surface area contributed by atoms with Crippen LogP contribution in [0.15, 0.2) is 11.3 Å². The van der Waals surface area contributed by atoms with E-state index in [1.165, 1.54) is 14.2 Å². The Hall–Kier alpha value is -1.99. The molecule has 8 heteroatoms. The largest absolute Gasteiger partial charge is 0.469 e. The monoisotopic (exact) mass is 357 g/mol. The zero-order chi connectivity index (χ0) is 18.4. The third-order valence-corrected chi connectivity index (χ3v) is 5.75. The molecule has 1 saturated heterocycles. The van der Waals surface area contributed by atoms with Gasteiger partial charge in [0.25, 0.3) is 6.43 Å². The lowest BCUT2D eigenvalue weighted by atomic mass is 9.71. The number of alkyl halides is 2. The first-order chi connectivity index (χ1) is 11.9. The second-order valence-corrected chi connectivity index (χ2v) is 6.73. The Morgan fingerprint density at radius 1 is 1.24 bits per heavy atom. The maximum atomic E-state index is 13.0. The van der Waals surface area contributed by atoms with Crippen LogP contribution in [0.4, 0.5) is 8.78 Å². The Bertz CT molecular complexity index is 647. The average Bonchev–Trinajstić information content (AvgIpc) is 3.28. The van der Waals surface area contributed by atoms with E-state index in [0.717, 1.165) is 6.42 Å². The highest BCUT2D eigenvalue weighted by Crippen LogP contribution is 2.58. The van der Waals surface area contributed by atoms with Crippen LogP contribution >= 0.6 is 0 Å². The van der Waals surface area contributed by atoms with Gasteiger partial charge in [0, 0.05) is 18.3 Å². The van der Waals surface area contributed by atoms with Gasteiger partial charge in [0.15, 0.2) is 0 Å². The number of nitrogens with zero attached hydrogens (tertiary/aromatic N) is 1. The van der Waals surface area contributed by atoms with Crippen molar-refractivity contribution < 1.29 is 32.6 Å². The molecule has 0 aromatic rings. The lowest BCUT2D eigenvalue weighted by Gasteiger charge is -2.36. The summed E-state index contributed by atoms with van der Waals surface area (Å²) in [5.41, 5.74) is -0.124. The fraction of sp³-hybridized carbons (Fsp3) is 0.706. The second-order valence-electron chi connectivity index (χ2n) is 6.73. The number of esters is 2. The first-order valence-electron chi connectivity index (χ1n) is 8.35. The van der Waals surface area contributed by atoms with Crippen LogP contribution in [0.25, 0.3) is 0 Å². The standard InChI is InChI=1S/C17H21F2NO5/c1-24-12(21)8-17(16(23)25-2)10-6-5-9(14(22)15(18)19)13(10)20-7-3-4-11(17)20/h9,11,15H,3-8H2,1-2H3. The molecule has 2 heterocycles. The molecule has 0 amide bonds. The molecule has 138 valence electrons. The highest BCUT2D eigenvalue weighted by atomic mass is 19.3. The number of fused-ring (bicyclic) bond motifs is 2. The number of halogens is 2. The van der Waals surface area contributed by atoms with Crippen molar-refractivity contribution in [1.82, 2.24) is 4.90 Å². The van der Waals surface area contributed by atoms with Crippen LogP contribution in [0.1, 0.15) is 32.1 Å². The Morgan fingerprint density at radius 3 is 2.56 bits per heavy atom.